The Labute approximate surface area is 539 Å². The van der Waals surface area contributed by atoms with Crippen LogP contribution in [0.5, 0.6) is 0 Å². The number of carboxylic acids is 1. The fourth-order valence-corrected chi connectivity index (χ4v) is 59.1. The number of fused-ring (bicyclic) bond motifs is 2. The molecule has 0 spiro atoms. The van der Waals surface area contributed by atoms with E-state index in [1.807, 2.05) is 30.1 Å². The van der Waals surface area contributed by atoms with E-state index >= 15 is 0 Å². The number of unbranched alkanes of at least 4 members (excludes halogenated alkanes) is 6. The van der Waals surface area contributed by atoms with Crippen LogP contribution in [0.3, 0.4) is 0 Å². The van der Waals surface area contributed by atoms with Crippen LogP contribution in [0.15, 0.2) is 50.6 Å². The molecule has 6 rings (SSSR count). The second kappa shape index (κ2) is 40.9. The van der Waals surface area contributed by atoms with Gasteiger partial charge in [0, 0.05) is 98.7 Å². The maximum Gasteiger partial charge on any atom is 0.316 e. The third-order valence-electron chi connectivity index (χ3n) is 16.8. The molecule has 83 heavy (non-hydrogen) atoms. The summed E-state index contributed by atoms with van der Waals surface area (Å²) >= 11 is 0. The monoisotopic (exact) mass is 1550 g/mol. The van der Waals surface area contributed by atoms with E-state index in [9.17, 15) is 28.8 Å². The lowest BCUT2D eigenvalue weighted by atomic mass is 9.86. The Bertz CT molecular complexity index is 2210. The van der Waals surface area contributed by atoms with E-state index in [-0.39, 0.29) is 92.8 Å². The molecule has 6 fully saturated rings. The molecule has 35 heteroatoms. The van der Waals surface area contributed by atoms with Gasteiger partial charge >= 0.3 is 17.9 Å². The number of carboxylic acid groups (broad SMARTS) is 1. The number of hydrogen-bond acceptors (Lipinski definition) is 11. The molecule has 0 bridgehead atoms. The summed E-state index contributed by atoms with van der Waals surface area (Å²) in [7, 11) is 32.0. The van der Waals surface area contributed by atoms with Gasteiger partial charge < -0.3 is 19.1 Å². The molecule has 0 aromatic carbocycles. The van der Waals surface area contributed by atoms with Crippen molar-refractivity contribution in [3.05, 3.63) is 50.6 Å². The Morgan fingerprint density at radius 3 is 1.39 bits per heavy atom. The molecule has 4 heterocycles. The molecule has 0 aromatic rings. The van der Waals surface area contributed by atoms with E-state index in [4.69, 9.17) is 14.2 Å². The van der Waals surface area contributed by atoms with E-state index in [1.54, 1.807) is 13.0 Å². The number of aliphatic carboxylic acids is 1. The van der Waals surface area contributed by atoms with E-state index in [1.165, 1.54) is 0 Å². The van der Waals surface area contributed by atoms with Gasteiger partial charge in [0.2, 0.25) is 5.91 Å². The van der Waals surface area contributed by atoms with Gasteiger partial charge in [-0.25, -0.2) is 0 Å². The van der Waals surface area contributed by atoms with Crippen molar-refractivity contribution in [2.45, 2.75) is 116 Å². The highest BCUT2D eigenvalue weighted by Crippen LogP contribution is 2.90. The fourth-order valence-electron chi connectivity index (χ4n) is 11.9. The van der Waals surface area contributed by atoms with Gasteiger partial charge in [0.1, 0.15) is 15.1 Å². The van der Waals surface area contributed by atoms with Gasteiger partial charge in [0.25, 0.3) is 0 Å². The maximum absolute atomic E-state index is 14.2. The van der Waals surface area contributed by atoms with Crippen molar-refractivity contribution in [1.82, 2.24) is 18.9 Å². The molecular formula is C48H96N4O9P22. The number of hydrogen-bond donors (Lipinski definition) is 1. The molecule has 4 aliphatic heterocycles. The first-order chi connectivity index (χ1) is 39.4. The summed E-state index contributed by atoms with van der Waals surface area (Å²) < 4.78 is 19.4. The van der Waals surface area contributed by atoms with Crippen LogP contribution >= 0.6 is 182 Å². The third-order valence-corrected chi connectivity index (χ3v) is 76.1. The van der Waals surface area contributed by atoms with Crippen LogP contribution in [-0.2, 0) is 37.8 Å². The minimum atomic E-state index is -0.895. The molecule has 2 aliphatic carbocycles. The lowest BCUT2D eigenvalue weighted by molar-refractivity contribution is -0.145. The molecule has 1 amide bonds. The molecule has 13 nitrogen and oxygen atoms in total. The summed E-state index contributed by atoms with van der Waals surface area (Å²) in [4.78, 5) is 80.8. The van der Waals surface area contributed by atoms with Crippen LogP contribution in [0.4, 0.5) is 0 Å². The van der Waals surface area contributed by atoms with Gasteiger partial charge in [-0.2, -0.15) is 0 Å². The third kappa shape index (κ3) is 23.4. The Balaban J connectivity index is 0.000000304. The number of carbonyl (C=O) groups excluding carboxylic acids is 5. The Morgan fingerprint density at radius 2 is 1.01 bits per heavy atom. The standard InChI is InChI=1S/C24H46N2O4P10.C14H32N2O3P12.C10H18O2/c1-4-6-7-8-9-10-16(3)22(28)26-14-17-13-25(38(33)36-31)15-19(17)21(26)20(27)12-24(11-18(24)5-2)23(29)30-39(37-32)40(34)35;1-2-9-3-14(9,13(18)19-30(28-22)31(24)25)4-11(17)12-10-7-15(29(23)27-21)5-8(10)6-16(12)26-20;1-3-4-5-6-7-8-9(2)10(11)12/h4-5,16-19,21,36-37H,1-2,6-15,31-35H2,3H3;2,8-10,12,26-28H,1,3-7,20-25H2;3,9H,1,4-8H2,2H3,(H,11,12)/t16-,17-,18?,19-,21-,24+,38?,39?;8-,9?,10-,12-,14+,29?,30?;9-/m000/s1. The lowest BCUT2D eigenvalue weighted by Crippen LogP contribution is -2.47. The molecule has 32 atom stereocenters. The Morgan fingerprint density at radius 1 is 0.590 bits per heavy atom. The smallest absolute Gasteiger partial charge is 0.316 e. The van der Waals surface area contributed by atoms with Crippen LogP contribution in [0.2, 0.25) is 0 Å². The number of Topliss-reactive ketones (excluding diaryl/α,β-unsaturated/α-hetero) is 2. The number of amides is 1. The Hall–Kier alpha value is 5.52. The summed E-state index contributed by atoms with van der Waals surface area (Å²) in [5, 5.41) is 8.57. The average molecular weight is 1550 g/mol. The van der Waals surface area contributed by atoms with Crippen molar-refractivity contribution in [1.29, 1.82) is 0 Å². The number of nitrogens with zero attached hydrogens (tertiary/aromatic N) is 4. The predicted octanol–water partition coefficient (Wildman–Crippen LogP) is 18.0. The van der Waals surface area contributed by atoms with Crippen molar-refractivity contribution in [3.8, 4) is 0 Å². The quantitative estimate of drug-likeness (QED) is 0.0365. The van der Waals surface area contributed by atoms with Crippen molar-refractivity contribution in [3.63, 3.8) is 0 Å². The zero-order chi connectivity index (χ0) is 61.9. The van der Waals surface area contributed by atoms with Crippen LogP contribution in [-0.4, -0.2) is 111 Å². The minimum Gasteiger partial charge on any atom is -0.481 e. The van der Waals surface area contributed by atoms with E-state index in [0.29, 0.717) is 61.5 Å². The molecule has 2 saturated carbocycles. The number of carbonyl (C=O) groups is 6. The van der Waals surface area contributed by atoms with E-state index in [0.717, 1.165) is 113 Å². The first-order valence-electron chi connectivity index (χ1n) is 27.8. The van der Waals surface area contributed by atoms with Gasteiger partial charge in [-0.1, -0.05) is 142 Å². The number of allylic oxidation sites excluding steroid dienone is 4. The fraction of sp³-hybridized carbons (Fsp3) is 0.708. The van der Waals surface area contributed by atoms with Crippen LogP contribution in [0.1, 0.15) is 104 Å². The van der Waals surface area contributed by atoms with Crippen molar-refractivity contribution < 1.29 is 42.9 Å². The average Bonchev–Trinajstić information content (AvgIpc) is 2.38. The first-order valence-corrected chi connectivity index (χ1v) is 64.1. The lowest BCUT2D eigenvalue weighted by Gasteiger charge is -2.32. The molecule has 22 unspecified atom stereocenters. The predicted molar refractivity (Wildman–Crippen MR) is 418 cm³/mol. The highest BCUT2D eigenvalue weighted by molar-refractivity contribution is 8.87. The zero-order valence-corrected chi connectivity index (χ0v) is 71.2. The topological polar surface area (TPSA) is 154 Å². The van der Waals surface area contributed by atoms with E-state index in [2.05, 4.69) is 139 Å². The molecule has 472 valence electrons. The number of rotatable bonds is 35. The summed E-state index contributed by atoms with van der Waals surface area (Å²) in [6.45, 7) is 23.5. The molecule has 0 aromatic heterocycles. The zero-order valence-electron chi connectivity index (χ0n) is 48.1. The van der Waals surface area contributed by atoms with Crippen molar-refractivity contribution in [2.75, 3.05) is 39.3 Å². The molecular weight excluding hydrogens is 1460 g/mol. The Kier molecular flexibility index (Phi) is 39.9. The van der Waals surface area contributed by atoms with E-state index < -0.39 is 51.9 Å². The van der Waals surface area contributed by atoms with Gasteiger partial charge in [-0.05, 0) is 99.4 Å². The second-order valence-electron chi connectivity index (χ2n) is 22.2. The molecule has 4 saturated heterocycles. The SMILES string of the molecule is C=CC1C[C@]1(CC(=O)[C@@H]1[C@H]2CN(P(P)PP)C[C@H]2CN1PP)C(=O)OP(PP)P(P)P.C=CCCCCC[C@H](C)C(=O)N1C[C@@H]2CN(P(P)PP)C[C@@H]2[C@H]1C(=O)C[C@]1(C(=O)OP(PP)P(P)P)CC1C=C.C=CCCCCC[C@H](C)C(=O)O. The summed E-state index contributed by atoms with van der Waals surface area (Å²) in [6, 6.07) is -0.540. The minimum absolute atomic E-state index is 0.0280. The molecule has 6 aliphatic rings. The van der Waals surface area contributed by atoms with Crippen LogP contribution < -0.4 is 0 Å². The van der Waals surface area contributed by atoms with Crippen LogP contribution in [0.25, 0.3) is 0 Å². The number of ketones is 2. The largest absolute Gasteiger partial charge is 0.481 e. The summed E-state index contributed by atoms with van der Waals surface area (Å²) in [6.07, 6.45) is 19.3. The van der Waals surface area contributed by atoms with Gasteiger partial charge in [-0.15, -0.1) is 62.0 Å². The van der Waals surface area contributed by atoms with Crippen molar-refractivity contribution >= 4 is 218 Å². The number of likely N-dealkylation sites (tertiary alicyclic amines) is 1. The van der Waals surface area contributed by atoms with Gasteiger partial charge in [0.05, 0.1) is 28.8 Å². The van der Waals surface area contributed by atoms with Crippen molar-refractivity contribution in [2.24, 2.45) is 58.2 Å². The maximum atomic E-state index is 14.2. The second-order valence-corrected chi connectivity index (χ2v) is 76.6. The highest BCUT2D eigenvalue weighted by Gasteiger charge is 2.64. The summed E-state index contributed by atoms with van der Waals surface area (Å²) in [5.41, 5.74) is -1.52. The van der Waals surface area contributed by atoms with Crippen LogP contribution in [0, 0.1) is 58.2 Å². The molecule has 1 N–H and O–H groups in total. The molecule has 0 radical (unpaired) electrons. The highest BCUT2D eigenvalue weighted by atomic mass is 32.9. The first kappa shape index (κ1) is 81.0. The summed E-state index contributed by atoms with van der Waals surface area (Å²) in [5.74, 6) is 0.281. The van der Waals surface area contributed by atoms with Gasteiger partial charge in [-0.3, -0.25) is 42.8 Å². The normalized spacial score (nSPS) is 30.1. The van der Waals surface area contributed by atoms with Gasteiger partial charge in [0.15, 0.2) is 11.6 Å².